The van der Waals surface area contributed by atoms with E-state index in [2.05, 4.69) is 0 Å². The van der Waals surface area contributed by atoms with Crippen LogP contribution in [-0.4, -0.2) is 5.11 Å². The van der Waals surface area contributed by atoms with Crippen molar-refractivity contribution >= 4 is 0 Å². The van der Waals surface area contributed by atoms with Gasteiger partial charge in [0.25, 0.3) is 0 Å². The lowest BCUT2D eigenvalue weighted by Crippen LogP contribution is -2.04. The summed E-state index contributed by atoms with van der Waals surface area (Å²) in [5.41, 5.74) is 1.27. The van der Waals surface area contributed by atoms with Gasteiger partial charge < -0.3 is 5.11 Å². The second kappa shape index (κ2) is 5.19. The molecule has 1 nitrogen and oxygen atoms in total. The summed E-state index contributed by atoms with van der Waals surface area (Å²) in [6.07, 6.45) is -4.47. The molecule has 0 aromatic heterocycles. The maximum atomic E-state index is 12.7. The first-order valence-corrected chi connectivity index (χ1v) is 6.29. The zero-order valence-corrected chi connectivity index (χ0v) is 11.2. The van der Waals surface area contributed by atoms with Crippen molar-refractivity contribution in [2.45, 2.75) is 25.9 Å². The number of halogens is 3. The van der Waals surface area contributed by atoms with Crippen molar-refractivity contribution in [3.8, 4) is 16.9 Å². The van der Waals surface area contributed by atoms with Crippen LogP contribution >= 0.6 is 0 Å². The maximum absolute atomic E-state index is 12.7. The number of hydrogen-bond donors (Lipinski definition) is 1. The molecule has 20 heavy (non-hydrogen) atoms. The summed E-state index contributed by atoms with van der Waals surface area (Å²) >= 11 is 0. The standard InChI is InChI=1S/C16H15F3O/c1-10(2)11-3-5-12(6-4-11)13-7-14(16(17,18)19)9-15(20)8-13/h3-10,20H,1-2H3. The highest BCUT2D eigenvalue weighted by Crippen LogP contribution is 2.35. The molecule has 0 atom stereocenters. The van der Waals surface area contributed by atoms with Crippen molar-refractivity contribution in [1.29, 1.82) is 0 Å². The van der Waals surface area contributed by atoms with Gasteiger partial charge in [-0.1, -0.05) is 38.1 Å². The van der Waals surface area contributed by atoms with E-state index in [1.54, 1.807) is 12.1 Å². The average molecular weight is 280 g/mol. The number of aromatic hydroxyl groups is 1. The molecule has 0 aliphatic carbocycles. The van der Waals surface area contributed by atoms with E-state index < -0.39 is 11.7 Å². The summed E-state index contributed by atoms with van der Waals surface area (Å²) in [5.74, 6) is -0.0262. The van der Waals surface area contributed by atoms with Crippen LogP contribution in [0.3, 0.4) is 0 Å². The highest BCUT2D eigenvalue weighted by Gasteiger charge is 2.31. The number of alkyl halides is 3. The highest BCUT2D eigenvalue weighted by atomic mass is 19.4. The first-order chi connectivity index (χ1) is 9.27. The van der Waals surface area contributed by atoms with E-state index in [1.807, 2.05) is 26.0 Å². The topological polar surface area (TPSA) is 20.2 Å². The van der Waals surface area contributed by atoms with Crippen LogP contribution in [0.4, 0.5) is 13.2 Å². The van der Waals surface area contributed by atoms with Crippen molar-refractivity contribution in [1.82, 2.24) is 0 Å². The third kappa shape index (κ3) is 3.13. The van der Waals surface area contributed by atoms with E-state index in [0.717, 1.165) is 17.7 Å². The molecule has 1 N–H and O–H groups in total. The Labute approximate surface area is 115 Å². The second-order valence-corrected chi connectivity index (χ2v) is 5.04. The van der Waals surface area contributed by atoms with Gasteiger partial charge >= 0.3 is 6.18 Å². The Hall–Kier alpha value is -1.97. The van der Waals surface area contributed by atoms with Crippen molar-refractivity contribution in [3.63, 3.8) is 0 Å². The molecule has 2 aromatic rings. The fourth-order valence-electron chi connectivity index (χ4n) is 2.00. The van der Waals surface area contributed by atoms with Crippen LogP contribution in [-0.2, 0) is 6.18 Å². The molecule has 0 aliphatic heterocycles. The van der Waals surface area contributed by atoms with Gasteiger partial charge in [-0.05, 0) is 40.8 Å². The van der Waals surface area contributed by atoms with Gasteiger partial charge in [-0.2, -0.15) is 13.2 Å². The quantitative estimate of drug-likeness (QED) is 0.801. The van der Waals surface area contributed by atoms with Gasteiger partial charge in [0.15, 0.2) is 0 Å². The fourth-order valence-corrected chi connectivity index (χ4v) is 2.00. The third-order valence-electron chi connectivity index (χ3n) is 3.16. The molecule has 4 heteroatoms. The van der Waals surface area contributed by atoms with Crippen LogP contribution in [0.5, 0.6) is 5.75 Å². The minimum atomic E-state index is -4.47. The molecule has 0 saturated heterocycles. The molecular formula is C16H15F3O. The first-order valence-electron chi connectivity index (χ1n) is 6.29. The SMILES string of the molecule is CC(C)c1ccc(-c2cc(O)cc(C(F)(F)F)c2)cc1. The number of rotatable bonds is 2. The highest BCUT2D eigenvalue weighted by molar-refractivity contribution is 5.66. The molecular weight excluding hydrogens is 265 g/mol. The van der Waals surface area contributed by atoms with Crippen molar-refractivity contribution in [2.75, 3.05) is 0 Å². The lowest BCUT2D eigenvalue weighted by atomic mass is 9.97. The van der Waals surface area contributed by atoms with Crippen LogP contribution in [0.1, 0.15) is 30.9 Å². The molecule has 0 amide bonds. The molecule has 0 heterocycles. The summed E-state index contributed by atoms with van der Waals surface area (Å²) in [5, 5.41) is 9.46. The lowest BCUT2D eigenvalue weighted by Gasteiger charge is -2.11. The van der Waals surface area contributed by atoms with Gasteiger partial charge in [0.2, 0.25) is 0 Å². The number of hydrogen-bond acceptors (Lipinski definition) is 1. The van der Waals surface area contributed by atoms with Gasteiger partial charge in [-0.25, -0.2) is 0 Å². The van der Waals surface area contributed by atoms with Crippen LogP contribution in [0, 0.1) is 0 Å². The molecule has 2 aromatic carbocycles. The molecule has 0 aliphatic rings. The van der Waals surface area contributed by atoms with Crippen molar-refractivity contribution in [3.05, 3.63) is 53.6 Å². The van der Waals surface area contributed by atoms with E-state index in [9.17, 15) is 18.3 Å². The van der Waals surface area contributed by atoms with E-state index in [4.69, 9.17) is 0 Å². The fraction of sp³-hybridized carbons (Fsp3) is 0.250. The van der Waals surface area contributed by atoms with E-state index >= 15 is 0 Å². The number of phenols is 1. The van der Waals surface area contributed by atoms with E-state index in [-0.39, 0.29) is 5.75 Å². The predicted octanol–water partition coefficient (Wildman–Crippen LogP) is 5.20. The molecule has 0 spiro atoms. The molecule has 0 saturated carbocycles. The third-order valence-corrected chi connectivity index (χ3v) is 3.16. The van der Waals surface area contributed by atoms with Crippen LogP contribution < -0.4 is 0 Å². The lowest BCUT2D eigenvalue weighted by molar-refractivity contribution is -0.137. The van der Waals surface area contributed by atoms with Gasteiger partial charge in [0.05, 0.1) is 5.56 Å². The summed E-state index contributed by atoms with van der Waals surface area (Å²) in [6, 6.07) is 10.4. The predicted molar refractivity (Wildman–Crippen MR) is 72.6 cm³/mol. The first kappa shape index (κ1) is 14.4. The minimum Gasteiger partial charge on any atom is -0.508 e. The second-order valence-electron chi connectivity index (χ2n) is 5.04. The average Bonchev–Trinajstić information content (AvgIpc) is 2.37. The smallest absolute Gasteiger partial charge is 0.416 e. The van der Waals surface area contributed by atoms with E-state index in [1.165, 1.54) is 6.07 Å². The Balaban J connectivity index is 2.44. The summed E-state index contributed by atoms with van der Waals surface area (Å²) < 4.78 is 38.2. The Bertz CT molecular complexity index is 598. The Morgan fingerprint density at radius 2 is 1.50 bits per heavy atom. The van der Waals surface area contributed by atoms with Crippen LogP contribution in [0.2, 0.25) is 0 Å². The Morgan fingerprint density at radius 1 is 0.900 bits per heavy atom. The largest absolute Gasteiger partial charge is 0.508 e. The summed E-state index contributed by atoms with van der Waals surface area (Å²) in [6.45, 7) is 4.09. The molecule has 0 radical (unpaired) electrons. The monoisotopic (exact) mass is 280 g/mol. The van der Waals surface area contributed by atoms with Crippen molar-refractivity contribution < 1.29 is 18.3 Å². The number of benzene rings is 2. The molecule has 0 bridgehead atoms. The van der Waals surface area contributed by atoms with Gasteiger partial charge in [-0.15, -0.1) is 0 Å². The zero-order valence-electron chi connectivity index (χ0n) is 11.2. The zero-order chi connectivity index (χ0) is 14.9. The summed E-state index contributed by atoms with van der Waals surface area (Å²) in [4.78, 5) is 0. The van der Waals surface area contributed by atoms with Gasteiger partial charge in [0, 0.05) is 0 Å². The molecule has 106 valence electrons. The van der Waals surface area contributed by atoms with Gasteiger partial charge in [0.1, 0.15) is 5.75 Å². The molecule has 0 fully saturated rings. The summed E-state index contributed by atoms with van der Waals surface area (Å²) in [7, 11) is 0. The van der Waals surface area contributed by atoms with Crippen LogP contribution in [0.25, 0.3) is 11.1 Å². The molecule has 2 rings (SSSR count). The minimum absolute atomic E-state index is 0.354. The van der Waals surface area contributed by atoms with Gasteiger partial charge in [-0.3, -0.25) is 0 Å². The maximum Gasteiger partial charge on any atom is 0.416 e. The van der Waals surface area contributed by atoms with Crippen molar-refractivity contribution in [2.24, 2.45) is 0 Å². The number of phenolic OH excluding ortho intramolecular Hbond substituents is 1. The Morgan fingerprint density at radius 3 is 2.00 bits per heavy atom. The van der Waals surface area contributed by atoms with Crippen LogP contribution in [0.15, 0.2) is 42.5 Å². The van der Waals surface area contributed by atoms with E-state index in [0.29, 0.717) is 17.0 Å². The Kier molecular flexibility index (Phi) is 3.75. The normalized spacial score (nSPS) is 11.9. The molecule has 0 unspecified atom stereocenters.